The van der Waals surface area contributed by atoms with Gasteiger partial charge in [0.25, 0.3) is 0 Å². The number of hydrogen-bond donors (Lipinski definition) is 0. The van der Waals surface area contributed by atoms with Gasteiger partial charge in [0.05, 0.1) is 0 Å². The topological polar surface area (TPSA) is 0 Å². The fraction of sp³-hybridized carbons (Fsp3) is 1.00. The van der Waals surface area contributed by atoms with Crippen LogP contribution in [0.25, 0.3) is 0 Å². The van der Waals surface area contributed by atoms with E-state index in [9.17, 15) is 0 Å². The minimum atomic E-state index is 0. The van der Waals surface area contributed by atoms with Gasteiger partial charge in [-0.3, -0.25) is 0 Å². The molecule has 0 heterocycles. The molecule has 0 aromatic heterocycles. The van der Waals surface area contributed by atoms with Crippen molar-refractivity contribution in [1.82, 2.24) is 0 Å². The SMILES string of the molecule is C1C2CC3CC1CC(C2)C3.[Ca]. The van der Waals surface area contributed by atoms with Crippen LogP contribution in [0.3, 0.4) is 0 Å². The van der Waals surface area contributed by atoms with E-state index in [0.29, 0.717) is 0 Å². The molecule has 2 radical (unpaired) electrons. The summed E-state index contributed by atoms with van der Waals surface area (Å²) in [5.74, 6) is 4.71. The second-order valence-electron chi connectivity index (χ2n) is 4.88. The molecule has 4 bridgehead atoms. The Hall–Kier alpha value is 1.26. The maximum atomic E-state index is 1.60. The van der Waals surface area contributed by atoms with Crippen molar-refractivity contribution in [1.29, 1.82) is 0 Å². The Morgan fingerprint density at radius 2 is 0.636 bits per heavy atom. The molecule has 0 aliphatic heterocycles. The van der Waals surface area contributed by atoms with Crippen molar-refractivity contribution in [3.63, 3.8) is 0 Å². The molecule has 0 saturated heterocycles. The molecule has 11 heavy (non-hydrogen) atoms. The van der Waals surface area contributed by atoms with Crippen LogP contribution < -0.4 is 0 Å². The molecular weight excluding hydrogens is 160 g/mol. The Kier molecular flexibility index (Phi) is 2.57. The van der Waals surface area contributed by atoms with E-state index in [1.54, 1.807) is 38.5 Å². The monoisotopic (exact) mass is 176 g/mol. The smallest absolute Gasteiger partial charge is 0 e. The van der Waals surface area contributed by atoms with Crippen LogP contribution in [0.4, 0.5) is 0 Å². The van der Waals surface area contributed by atoms with Gasteiger partial charge < -0.3 is 0 Å². The van der Waals surface area contributed by atoms with E-state index in [-0.39, 0.29) is 37.7 Å². The second kappa shape index (κ2) is 3.20. The molecule has 0 amide bonds. The molecule has 1 heteroatoms. The van der Waals surface area contributed by atoms with Crippen LogP contribution >= 0.6 is 0 Å². The summed E-state index contributed by atoms with van der Waals surface area (Å²) in [7, 11) is 0. The maximum absolute atomic E-state index is 1.60. The molecule has 4 saturated carbocycles. The van der Waals surface area contributed by atoms with Gasteiger partial charge in [-0.25, -0.2) is 0 Å². The van der Waals surface area contributed by atoms with Crippen LogP contribution in [0, 0.1) is 23.7 Å². The Bertz CT molecular complexity index is 96.4. The third-order valence-corrected chi connectivity index (χ3v) is 4.00. The summed E-state index contributed by atoms with van der Waals surface area (Å²) in [4.78, 5) is 0. The zero-order valence-corrected chi connectivity index (χ0v) is 9.47. The van der Waals surface area contributed by atoms with Gasteiger partial charge in [-0.1, -0.05) is 0 Å². The average molecular weight is 176 g/mol. The first-order valence-electron chi connectivity index (χ1n) is 4.90. The van der Waals surface area contributed by atoms with E-state index in [1.165, 1.54) is 23.7 Å². The molecule has 0 atom stereocenters. The Balaban J connectivity index is 0.000000480. The van der Waals surface area contributed by atoms with Crippen molar-refractivity contribution in [3.05, 3.63) is 0 Å². The summed E-state index contributed by atoms with van der Waals surface area (Å²) in [5.41, 5.74) is 0. The van der Waals surface area contributed by atoms with Crippen LogP contribution in [-0.4, -0.2) is 37.7 Å². The normalized spacial score (nSPS) is 52.4. The molecule has 4 aliphatic rings. The van der Waals surface area contributed by atoms with E-state index >= 15 is 0 Å². The first-order valence-corrected chi connectivity index (χ1v) is 4.90. The van der Waals surface area contributed by atoms with Crippen molar-refractivity contribution < 1.29 is 0 Å². The zero-order valence-electron chi connectivity index (χ0n) is 7.26. The van der Waals surface area contributed by atoms with Crippen molar-refractivity contribution in [3.8, 4) is 0 Å². The molecule has 4 aliphatic carbocycles. The largest absolute Gasteiger partial charge is 0.0475 e. The average Bonchev–Trinajstić information content (AvgIpc) is 1.82. The van der Waals surface area contributed by atoms with Crippen molar-refractivity contribution >= 4 is 37.7 Å². The molecule has 0 aromatic carbocycles. The molecular formula is C10H16Ca. The van der Waals surface area contributed by atoms with E-state index in [4.69, 9.17) is 0 Å². The third kappa shape index (κ3) is 1.51. The molecule has 0 aromatic rings. The maximum Gasteiger partial charge on any atom is 0 e. The minimum absolute atomic E-state index is 0. The van der Waals surface area contributed by atoms with Crippen LogP contribution in [0.15, 0.2) is 0 Å². The molecule has 0 N–H and O–H groups in total. The van der Waals surface area contributed by atoms with Gasteiger partial charge in [-0.15, -0.1) is 0 Å². The molecule has 0 spiro atoms. The number of rotatable bonds is 0. The fourth-order valence-electron chi connectivity index (χ4n) is 3.98. The van der Waals surface area contributed by atoms with Gasteiger partial charge in [0.1, 0.15) is 0 Å². The van der Waals surface area contributed by atoms with E-state index in [0.717, 1.165) is 0 Å². The van der Waals surface area contributed by atoms with E-state index < -0.39 is 0 Å². The third-order valence-electron chi connectivity index (χ3n) is 4.00. The summed E-state index contributed by atoms with van der Waals surface area (Å²) < 4.78 is 0. The van der Waals surface area contributed by atoms with Gasteiger partial charge in [0, 0.05) is 37.7 Å². The van der Waals surface area contributed by atoms with Crippen molar-refractivity contribution in [2.24, 2.45) is 23.7 Å². The van der Waals surface area contributed by atoms with Crippen molar-refractivity contribution in [2.45, 2.75) is 38.5 Å². The van der Waals surface area contributed by atoms with Crippen molar-refractivity contribution in [2.75, 3.05) is 0 Å². The Morgan fingerprint density at radius 1 is 0.455 bits per heavy atom. The molecule has 4 rings (SSSR count). The summed E-state index contributed by atoms with van der Waals surface area (Å²) in [6.45, 7) is 0. The summed E-state index contributed by atoms with van der Waals surface area (Å²) in [6, 6.07) is 0. The first kappa shape index (κ1) is 8.84. The predicted octanol–water partition coefficient (Wildman–Crippen LogP) is 2.45. The standard InChI is InChI=1S/C10H16.Ca/c1-7-2-9-4-8(1)5-10(3-7)6-9;/h7-10H,1-6H2;. The quantitative estimate of drug-likeness (QED) is 0.497. The minimum Gasteiger partial charge on any atom is -0.0475 e. The van der Waals surface area contributed by atoms with Gasteiger partial charge in [0.2, 0.25) is 0 Å². The zero-order chi connectivity index (χ0) is 6.55. The Morgan fingerprint density at radius 3 is 0.818 bits per heavy atom. The molecule has 0 nitrogen and oxygen atoms in total. The molecule has 0 unspecified atom stereocenters. The van der Waals surface area contributed by atoms with Gasteiger partial charge >= 0.3 is 0 Å². The second-order valence-corrected chi connectivity index (χ2v) is 4.88. The Labute approximate surface area is 99.1 Å². The van der Waals surface area contributed by atoms with Crippen LogP contribution in [0.2, 0.25) is 0 Å². The predicted molar refractivity (Wildman–Crippen MR) is 47.4 cm³/mol. The summed E-state index contributed by atoms with van der Waals surface area (Å²) in [5, 5.41) is 0. The van der Waals surface area contributed by atoms with Gasteiger partial charge in [-0.05, 0) is 62.2 Å². The van der Waals surface area contributed by atoms with Gasteiger partial charge in [0.15, 0.2) is 0 Å². The van der Waals surface area contributed by atoms with E-state index in [1.807, 2.05) is 0 Å². The number of hydrogen-bond acceptors (Lipinski definition) is 0. The van der Waals surface area contributed by atoms with Gasteiger partial charge in [-0.2, -0.15) is 0 Å². The summed E-state index contributed by atoms with van der Waals surface area (Å²) in [6.07, 6.45) is 9.62. The molecule has 4 fully saturated rings. The summed E-state index contributed by atoms with van der Waals surface area (Å²) >= 11 is 0. The fourth-order valence-corrected chi connectivity index (χ4v) is 3.98. The first-order chi connectivity index (χ1) is 4.90. The van der Waals surface area contributed by atoms with Crippen LogP contribution in [-0.2, 0) is 0 Å². The van der Waals surface area contributed by atoms with Crippen LogP contribution in [0.5, 0.6) is 0 Å². The van der Waals surface area contributed by atoms with E-state index in [2.05, 4.69) is 0 Å². The van der Waals surface area contributed by atoms with Crippen LogP contribution in [0.1, 0.15) is 38.5 Å². The molecule has 58 valence electrons.